The van der Waals surface area contributed by atoms with E-state index in [1.165, 1.54) is 60.2 Å². The Kier molecular flexibility index (Phi) is 6.31. The molecule has 230 valence electrons. The van der Waals surface area contributed by atoms with Gasteiger partial charge in [-0.3, -0.25) is 0 Å². The van der Waals surface area contributed by atoms with E-state index in [2.05, 4.69) is 156 Å². The van der Waals surface area contributed by atoms with Gasteiger partial charge in [-0.25, -0.2) is 9.97 Å². The number of benzene rings is 7. The molecule has 10 rings (SSSR count). The van der Waals surface area contributed by atoms with Crippen LogP contribution in [0.15, 0.2) is 158 Å². The maximum absolute atomic E-state index is 5.23. The second-order valence-corrected chi connectivity index (χ2v) is 12.9. The fourth-order valence-corrected chi connectivity index (χ4v) is 7.76. The van der Waals surface area contributed by atoms with Gasteiger partial charge in [0, 0.05) is 27.5 Å². The van der Waals surface area contributed by atoms with E-state index in [4.69, 9.17) is 9.97 Å². The maximum Gasteiger partial charge on any atom is 0.160 e. The molecule has 2 heterocycles. The van der Waals surface area contributed by atoms with E-state index >= 15 is 0 Å². The quantitative estimate of drug-likeness (QED) is 0.195. The molecule has 9 aromatic rings. The average Bonchev–Trinajstić information content (AvgIpc) is 3.53. The number of hydrogen-bond acceptors (Lipinski definition) is 2. The molecule has 3 nitrogen and oxygen atoms in total. The highest BCUT2D eigenvalue weighted by Crippen LogP contribution is 2.43. The lowest BCUT2D eigenvalue weighted by Gasteiger charge is -2.20. The van der Waals surface area contributed by atoms with Crippen LogP contribution in [-0.2, 0) is 6.42 Å². The summed E-state index contributed by atoms with van der Waals surface area (Å²) in [6.07, 6.45) is 6.56. The SMILES string of the molecule is C1=Cc2cc(-c3nc(-c4ccccc4)cc(-c4ccccc4)n3)cc(-n3c4ccc5ccccc5c4c4c5ccccc5ccc43)c2CC1. The summed E-state index contributed by atoms with van der Waals surface area (Å²) in [5.41, 5.74) is 11.2. The van der Waals surface area contributed by atoms with Crippen LogP contribution < -0.4 is 0 Å². The third-order valence-electron chi connectivity index (χ3n) is 10.0. The van der Waals surface area contributed by atoms with Gasteiger partial charge in [0.25, 0.3) is 0 Å². The van der Waals surface area contributed by atoms with Crippen LogP contribution in [0.3, 0.4) is 0 Å². The molecule has 0 unspecified atom stereocenters. The number of fused-ring (bicyclic) bond motifs is 8. The van der Waals surface area contributed by atoms with Crippen molar-refractivity contribution in [2.45, 2.75) is 12.8 Å². The first-order valence-electron chi connectivity index (χ1n) is 17.0. The number of hydrogen-bond donors (Lipinski definition) is 0. The van der Waals surface area contributed by atoms with Crippen LogP contribution >= 0.6 is 0 Å². The highest BCUT2D eigenvalue weighted by atomic mass is 15.0. The van der Waals surface area contributed by atoms with Crippen LogP contribution in [0.25, 0.3) is 89.0 Å². The summed E-state index contributed by atoms with van der Waals surface area (Å²) in [6.45, 7) is 0. The molecule has 49 heavy (non-hydrogen) atoms. The summed E-state index contributed by atoms with van der Waals surface area (Å²) < 4.78 is 2.50. The lowest BCUT2D eigenvalue weighted by atomic mass is 9.92. The number of allylic oxidation sites excluding steroid dienone is 1. The van der Waals surface area contributed by atoms with E-state index in [1.807, 2.05) is 12.1 Å². The van der Waals surface area contributed by atoms with Crippen molar-refractivity contribution in [1.29, 1.82) is 0 Å². The predicted octanol–water partition coefficient (Wildman–Crippen LogP) is 11.8. The molecule has 7 aromatic carbocycles. The summed E-state index contributed by atoms with van der Waals surface area (Å²) in [4.78, 5) is 10.5. The van der Waals surface area contributed by atoms with Crippen molar-refractivity contribution < 1.29 is 0 Å². The summed E-state index contributed by atoms with van der Waals surface area (Å²) in [5, 5.41) is 7.64. The lowest BCUT2D eigenvalue weighted by Crippen LogP contribution is -2.06. The number of rotatable bonds is 4. The zero-order valence-corrected chi connectivity index (χ0v) is 26.8. The van der Waals surface area contributed by atoms with Crippen molar-refractivity contribution in [3.05, 3.63) is 169 Å². The van der Waals surface area contributed by atoms with Crippen LogP contribution in [0.5, 0.6) is 0 Å². The minimum absolute atomic E-state index is 0.722. The topological polar surface area (TPSA) is 30.7 Å². The zero-order valence-electron chi connectivity index (χ0n) is 26.8. The molecule has 3 heteroatoms. The second kappa shape index (κ2) is 11.1. The Morgan fingerprint density at radius 1 is 0.490 bits per heavy atom. The van der Waals surface area contributed by atoms with Crippen molar-refractivity contribution in [2.75, 3.05) is 0 Å². The van der Waals surface area contributed by atoms with E-state index in [0.29, 0.717) is 0 Å². The first-order valence-corrected chi connectivity index (χ1v) is 17.0. The minimum atomic E-state index is 0.722. The lowest BCUT2D eigenvalue weighted by molar-refractivity contribution is 0.960. The van der Waals surface area contributed by atoms with Gasteiger partial charge in [0.1, 0.15) is 0 Å². The summed E-state index contributed by atoms with van der Waals surface area (Å²) >= 11 is 0. The van der Waals surface area contributed by atoms with Crippen LogP contribution in [0.1, 0.15) is 17.5 Å². The minimum Gasteiger partial charge on any atom is -0.309 e. The maximum atomic E-state index is 5.23. The Morgan fingerprint density at radius 3 is 1.63 bits per heavy atom. The Hall–Kier alpha value is -6.32. The first-order chi connectivity index (χ1) is 24.3. The van der Waals surface area contributed by atoms with Gasteiger partial charge in [-0.1, -0.05) is 133 Å². The third-order valence-corrected chi connectivity index (χ3v) is 10.0. The largest absolute Gasteiger partial charge is 0.309 e. The summed E-state index contributed by atoms with van der Waals surface area (Å²) in [7, 11) is 0. The molecular formula is C46H31N3. The second-order valence-electron chi connectivity index (χ2n) is 12.9. The molecule has 0 spiro atoms. The van der Waals surface area contributed by atoms with Gasteiger partial charge >= 0.3 is 0 Å². The van der Waals surface area contributed by atoms with Gasteiger partial charge in [-0.15, -0.1) is 0 Å². The van der Waals surface area contributed by atoms with E-state index in [1.54, 1.807) is 0 Å². The zero-order chi connectivity index (χ0) is 32.3. The van der Waals surface area contributed by atoms with Crippen molar-refractivity contribution in [2.24, 2.45) is 0 Å². The highest BCUT2D eigenvalue weighted by Gasteiger charge is 2.22. The van der Waals surface area contributed by atoms with E-state index in [9.17, 15) is 0 Å². The molecule has 1 aliphatic carbocycles. The van der Waals surface area contributed by atoms with Gasteiger partial charge in [0.05, 0.1) is 28.1 Å². The van der Waals surface area contributed by atoms with Crippen LogP contribution in [-0.4, -0.2) is 14.5 Å². The monoisotopic (exact) mass is 625 g/mol. The smallest absolute Gasteiger partial charge is 0.160 e. The van der Waals surface area contributed by atoms with Crippen molar-refractivity contribution >= 4 is 49.4 Å². The van der Waals surface area contributed by atoms with Crippen molar-refractivity contribution in [3.63, 3.8) is 0 Å². The van der Waals surface area contributed by atoms with Crippen molar-refractivity contribution in [1.82, 2.24) is 14.5 Å². The van der Waals surface area contributed by atoms with E-state index in [0.717, 1.165) is 46.7 Å². The predicted molar refractivity (Wildman–Crippen MR) is 205 cm³/mol. The third kappa shape index (κ3) is 4.51. The molecule has 1 aliphatic rings. The van der Waals surface area contributed by atoms with Gasteiger partial charge in [-0.2, -0.15) is 0 Å². The van der Waals surface area contributed by atoms with E-state index in [-0.39, 0.29) is 0 Å². The standard InChI is InChI=1S/C46H31N3/c1-3-15-32(16-4-1)39-29-40(33-17-5-2-6-18-33)48-46(47-39)35-27-34-19-9-10-20-36(34)43(28-35)49-41-25-23-30-13-7-11-21-37(30)44(41)45-38-22-12-8-14-31(38)24-26-42(45)49/h1-9,11-19,21-29H,10,20H2. The molecule has 0 amide bonds. The molecule has 0 atom stereocenters. The molecule has 2 aromatic heterocycles. The van der Waals surface area contributed by atoms with Gasteiger partial charge in [-0.05, 0) is 75.8 Å². The van der Waals surface area contributed by atoms with Crippen molar-refractivity contribution in [3.8, 4) is 39.6 Å². The number of nitrogens with zero attached hydrogens (tertiary/aromatic N) is 3. The molecule has 0 N–H and O–H groups in total. The van der Waals surface area contributed by atoms with Crippen LogP contribution in [0.2, 0.25) is 0 Å². The number of aromatic nitrogens is 3. The summed E-state index contributed by atoms with van der Waals surface area (Å²) in [6, 6.07) is 54.3. The van der Waals surface area contributed by atoms with Crippen LogP contribution in [0.4, 0.5) is 0 Å². The molecule has 0 aliphatic heterocycles. The normalized spacial score (nSPS) is 12.7. The Balaban J connectivity index is 1.30. The fraction of sp³-hybridized carbons (Fsp3) is 0.0435. The Morgan fingerprint density at radius 2 is 1.04 bits per heavy atom. The highest BCUT2D eigenvalue weighted by molar-refractivity contribution is 6.28. The molecule has 0 fully saturated rings. The summed E-state index contributed by atoms with van der Waals surface area (Å²) in [5.74, 6) is 0.722. The van der Waals surface area contributed by atoms with Gasteiger partial charge < -0.3 is 4.57 Å². The molecule has 0 bridgehead atoms. The Bertz CT molecular complexity index is 2600. The van der Waals surface area contributed by atoms with E-state index < -0.39 is 0 Å². The average molecular weight is 626 g/mol. The van der Waals surface area contributed by atoms with Gasteiger partial charge in [0.15, 0.2) is 5.82 Å². The molecule has 0 radical (unpaired) electrons. The molecular weight excluding hydrogens is 595 g/mol. The fourth-order valence-electron chi connectivity index (χ4n) is 7.76. The molecule has 0 saturated carbocycles. The first kappa shape index (κ1) is 27.8. The Labute approximate surface area is 284 Å². The molecule has 0 saturated heterocycles. The van der Waals surface area contributed by atoms with Crippen LogP contribution in [0, 0.1) is 0 Å². The van der Waals surface area contributed by atoms with Gasteiger partial charge in [0.2, 0.25) is 0 Å².